The van der Waals surface area contributed by atoms with Crippen molar-refractivity contribution in [1.29, 1.82) is 0 Å². The van der Waals surface area contributed by atoms with Crippen LogP contribution in [-0.2, 0) is 9.53 Å². The third-order valence-corrected chi connectivity index (χ3v) is 4.68. The number of nitrogens with one attached hydrogen (secondary N) is 1. The average molecular weight is 258 g/mol. The predicted molar refractivity (Wildman–Crippen MR) is 70.3 cm³/mol. The summed E-state index contributed by atoms with van der Waals surface area (Å²) in [5.74, 6) is 0.253. The van der Waals surface area contributed by atoms with E-state index < -0.39 is 0 Å². The second kappa shape index (κ2) is 5.59. The summed E-state index contributed by atoms with van der Waals surface area (Å²) in [6.07, 6.45) is 1.000. The molecule has 4 nitrogen and oxygen atoms in total. The summed E-state index contributed by atoms with van der Waals surface area (Å²) in [7, 11) is 1.71. The van der Waals surface area contributed by atoms with Gasteiger partial charge in [-0.15, -0.1) is 0 Å². The van der Waals surface area contributed by atoms with E-state index >= 15 is 0 Å². The highest BCUT2D eigenvalue weighted by Crippen LogP contribution is 2.25. The molecule has 0 aromatic carbocycles. The number of rotatable bonds is 2. The van der Waals surface area contributed by atoms with E-state index in [1.54, 1.807) is 7.11 Å². The lowest BCUT2D eigenvalue weighted by atomic mass is 10.1. The maximum Gasteiger partial charge on any atom is 0.239 e. The van der Waals surface area contributed by atoms with Gasteiger partial charge < -0.3 is 15.0 Å². The Morgan fingerprint density at radius 1 is 1.35 bits per heavy atom. The molecular weight excluding hydrogens is 236 g/mol. The van der Waals surface area contributed by atoms with Crippen molar-refractivity contribution >= 4 is 17.7 Å². The van der Waals surface area contributed by atoms with Crippen molar-refractivity contribution in [3.05, 3.63) is 0 Å². The van der Waals surface area contributed by atoms with E-state index in [0.717, 1.165) is 26.1 Å². The number of amides is 1. The molecule has 4 atom stereocenters. The van der Waals surface area contributed by atoms with E-state index in [4.69, 9.17) is 4.74 Å². The first kappa shape index (κ1) is 13.2. The molecule has 1 N–H and O–H groups in total. The summed E-state index contributed by atoms with van der Waals surface area (Å²) in [5, 5.41) is 4.35. The van der Waals surface area contributed by atoms with Gasteiger partial charge in [0.15, 0.2) is 0 Å². The van der Waals surface area contributed by atoms with Gasteiger partial charge in [0.05, 0.1) is 12.1 Å². The van der Waals surface area contributed by atoms with Crippen molar-refractivity contribution in [2.45, 2.75) is 42.9 Å². The van der Waals surface area contributed by atoms with Gasteiger partial charge in [-0.3, -0.25) is 4.79 Å². The molecule has 0 aliphatic carbocycles. The lowest BCUT2D eigenvalue weighted by molar-refractivity contribution is -0.133. The standard InChI is InChI=1S/C12H22N2O2S/c1-8-6-14(7-9(2)17-8)12(15)11-4-10(16-3)5-13-11/h8-11,13H,4-7H2,1-3H3. The second-order valence-corrected chi connectivity index (χ2v) is 6.94. The van der Waals surface area contributed by atoms with Gasteiger partial charge in [0, 0.05) is 37.2 Å². The van der Waals surface area contributed by atoms with E-state index in [9.17, 15) is 4.79 Å². The van der Waals surface area contributed by atoms with Crippen LogP contribution in [0, 0.1) is 0 Å². The monoisotopic (exact) mass is 258 g/mol. The Morgan fingerprint density at radius 2 is 2.00 bits per heavy atom. The molecule has 2 aliphatic heterocycles. The number of ether oxygens (including phenoxy) is 1. The fourth-order valence-corrected chi connectivity index (χ4v) is 3.97. The molecule has 2 fully saturated rings. The highest BCUT2D eigenvalue weighted by atomic mass is 32.2. The average Bonchev–Trinajstić information content (AvgIpc) is 2.75. The largest absolute Gasteiger partial charge is 0.380 e. The van der Waals surface area contributed by atoms with Crippen molar-refractivity contribution in [3.63, 3.8) is 0 Å². The van der Waals surface area contributed by atoms with Crippen LogP contribution in [0.2, 0.25) is 0 Å². The lowest BCUT2D eigenvalue weighted by Gasteiger charge is -2.36. The highest BCUT2D eigenvalue weighted by molar-refractivity contribution is 8.00. The first-order valence-corrected chi connectivity index (χ1v) is 7.25. The fourth-order valence-electron chi connectivity index (χ4n) is 2.65. The van der Waals surface area contributed by atoms with Crippen LogP contribution in [0.15, 0.2) is 0 Å². The first-order valence-electron chi connectivity index (χ1n) is 6.30. The topological polar surface area (TPSA) is 41.6 Å². The van der Waals surface area contributed by atoms with Crippen molar-refractivity contribution in [3.8, 4) is 0 Å². The quantitative estimate of drug-likeness (QED) is 0.792. The summed E-state index contributed by atoms with van der Waals surface area (Å²) in [4.78, 5) is 14.4. The molecule has 1 amide bonds. The third-order valence-electron chi connectivity index (χ3n) is 3.45. The van der Waals surface area contributed by atoms with Crippen LogP contribution >= 0.6 is 11.8 Å². The van der Waals surface area contributed by atoms with E-state index in [1.807, 2.05) is 16.7 Å². The predicted octanol–water partition coefficient (Wildman–Crippen LogP) is 0.716. The van der Waals surface area contributed by atoms with Gasteiger partial charge in [-0.25, -0.2) is 0 Å². The van der Waals surface area contributed by atoms with E-state index in [1.165, 1.54) is 0 Å². The SMILES string of the molecule is COC1CNC(C(=O)N2CC(C)SC(C)C2)C1. The zero-order valence-electron chi connectivity index (χ0n) is 10.8. The number of thioether (sulfide) groups is 1. The molecule has 2 heterocycles. The van der Waals surface area contributed by atoms with Crippen LogP contribution in [-0.4, -0.2) is 60.2 Å². The van der Waals surface area contributed by atoms with Crippen molar-refractivity contribution in [2.24, 2.45) is 0 Å². The van der Waals surface area contributed by atoms with Gasteiger partial charge in [-0.05, 0) is 6.42 Å². The zero-order valence-corrected chi connectivity index (χ0v) is 11.6. The minimum atomic E-state index is -0.0394. The van der Waals surface area contributed by atoms with Gasteiger partial charge in [-0.2, -0.15) is 11.8 Å². The number of nitrogens with zero attached hydrogens (tertiary/aromatic N) is 1. The molecule has 5 heteroatoms. The first-order chi connectivity index (χ1) is 8.10. The Hall–Kier alpha value is -0.260. The van der Waals surface area contributed by atoms with Crippen LogP contribution in [0.25, 0.3) is 0 Å². The van der Waals surface area contributed by atoms with Crippen LogP contribution < -0.4 is 5.32 Å². The molecule has 17 heavy (non-hydrogen) atoms. The molecule has 2 saturated heterocycles. The van der Waals surface area contributed by atoms with Crippen LogP contribution in [0.5, 0.6) is 0 Å². The third kappa shape index (κ3) is 3.14. The van der Waals surface area contributed by atoms with Gasteiger partial charge >= 0.3 is 0 Å². The summed E-state index contributed by atoms with van der Waals surface area (Å²) < 4.78 is 5.28. The van der Waals surface area contributed by atoms with E-state index in [0.29, 0.717) is 10.5 Å². The minimum Gasteiger partial charge on any atom is -0.380 e. The zero-order chi connectivity index (χ0) is 12.4. The van der Waals surface area contributed by atoms with Gasteiger partial charge in [-0.1, -0.05) is 13.8 Å². The number of carbonyl (C=O) groups is 1. The van der Waals surface area contributed by atoms with Gasteiger partial charge in [0.1, 0.15) is 0 Å². The Labute approximate surface area is 107 Å². The molecule has 0 spiro atoms. The molecule has 4 unspecified atom stereocenters. The van der Waals surface area contributed by atoms with Crippen LogP contribution in [0.4, 0.5) is 0 Å². The summed E-state index contributed by atoms with van der Waals surface area (Å²) in [6, 6.07) is -0.0394. The van der Waals surface area contributed by atoms with Gasteiger partial charge in [0.25, 0.3) is 0 Å². The van der Waals surface area contributed by atoms with E-state index in [2.05, 4.69) is 19.2 Å². The molecule has 2 rings (SSSR count). The van der Waals surface area contributed by atoms with E-state index in [-0.39, 0.29) is 18.1 Å². The van der Waals surface area contributed by atoms with Crippen molar-refractivity contribution < 1.29 is 9.53 Å². The van der Waals surface area contributed by atoms with Gasteiger partial charge in [0.2, 0.25) is 5.91 Å². The van der Waals surface area contributed by atoms with Crippen molar-refractivity contribution in [2.75, 3.05) is 26.7 Å². The summed E-state index contributed by atoms with van der Waals surface area (Å²) >= 11 is 1.97. The molecule has 0 radical (unpaired) electrons. The number of carbonyl (C=O) groups excluding carboxylic acids is 1. The fraction of sp³-hybridized carbons (Fsp3) is 0.917. The van der Waals surface area contributed by atoms with Crippen LogP contribution in [0.1, 0.15) is 20.3 Å². The molecule has 2 aliphatic rings. The molecule has 98 valence electrons. The van der Waals surface area contributed by atoms with Crippen molar-refractivity contribution in [1.82, 2.24) is 10.2 Å². The highest BCUT2D eigenvalue weighted by Gasteiger charge is 2.34. The Kier molecular flexibility index (Phi) is 4.33. The maximum atomic E-state index is 12.4. The molecule has 0 bridgehead atoms. The lowest BCUT2D eigenvalue weighted by Crippen LogP contribution is -2.50. The Bertz CT molecular complexity index is 278. The summed E-state index contributed by atoms with van der Waals surface area (Å²) in [6.45, 7) is 6.94. The molecule has 0 aromatic heterocycles. The summed E-state index contributed by atoms with van der Waals surface area (Å²) in [5.41, 5.74) is 0. The Balaban J connectivity index is 1.91. The number of hydrogen-bond donors (Lipinski definition) is 1. The molecule has 0 saturated carbocycles. The normalized spacial score (nSPS) is 38.4. The van der Waals surface area contributed by atoms with Crippen LogP contribution in [0.3, 0.4) is 0 Å². The Morgan fingerprint density at radius 3 is 2.53 bits per heavy atom. The number of methoxy groups -OCH3 is 1. The second-order valence-electron chi connectivity index (χ2n) is 5.05. The maximum absolute atomic E-state index is 12.4. The smallest absolute Gasteiger partial charge is 0.239 e. The molecular formula is C12H22N2O2S. The molecule has 0 aromatic rings. The minimum absolute atomic E-state index is 0.0394. The number of hydrogen-bond acceptors (Lipinski definition) is 4.